The van der Waals surface area contributed by atoms with E-state index in [1.807, 2.05) is 0 Å². The minimum absolute atomic E-state index is 0.174. The van der Waals surface area contributed by atoms with E-state index >= 15 is 0 Å². The third-order valence-electron chi connectivity index (χ3n) is 5.75. The van der Waals surface area contributed by atoms with Gasteiger partial charge in [0.05, 0.1) is 6.54 Å². The summed E-state index contributed by atoms with van der Waals surface area (Å²) in [5.74, 6) is 0.549. The predicted molar refractivity (Wildman–Crippen MR) is 135 cm³/mol. The normalized spacial score (nSPS) is 10.7. The van der Waals surface area contributed by atoms with Crippen LogP contribution in [0.15, 0.2) is 24.3 Å². The number of urea groups is 1. The molecule has 0 aliphatic rings. The Hall–Kier alpha value is -2.24. The van der Waals surface area contributed by atoms with E-state index in [9.17, 15) is 14.7 Å². The molecule has 0 saturated heterocycles. The van der Waals surface area contributed by atoms with Crippen LogP contribution in [-0.2, 0) is 4.79 Å². The van der Waals surface area contributed by atoms with Crippen LogP contribution in [0, 0.1) is 0 Å². The number of aromatic hydroxyl groups is 1. The fourth-order valence-corrected chi connectivity index (χ4v) is 3.77. The molecule has 1 aromatic carbocycles. The van der Waals surface area contributed by atoms with E-state index < -0.39 is 6.03 Å². The zero-order valence-electron chi connectivity index (χ0n) is 20.7. The molecule has 188 valence electrons. The molecule has 1 aromatic rings. The Kier molecular flexibility index (Phi) is 17.8. The second-order valence-electron chi connectivity index (χ2n) is 8.85. The van der Waals surface area contributed by atoms with Gasteiger partial charge < -0.3 is 15.2 Å². The summed E-state index contributed by atoms with van der Waals surface area (Å²) in [5, 5.41) is 14.2. The highest BCUT2D eigenvalue weighted by Crippen LogP contribution is 2.15. The number of carbonyl (C=O) groups excluding carboxylic acids is 2. The molecule has 0 aliphatic carbocycles. The van der Waals surface area contributed by atoms with Gasteiger partial charge >= 0.3 is 6.03 Å². The third kappa shape index (κ3) is 17.9. The van der Waals surface area contributed by atoms with Crippen molar-refractivity contribution in [3.05, 3.63) is 24.3 Å². The lowest BCUT2D eigenvalue weighted by molar-refractivity contribution is -0.120. The van der Waals surface area contributed by atoms with Crippen LogP contribution in [-0.4, -0.2) is 30.2 Å². The first-order valence-electron chi connectivity index (χ1n) is 13.1. The van der Waals surface area contributed by atoms with Crippen LogP contribution in [0.3, 0.4) is 0 Å². The second-order valence-corrected chi connectivity index (χ2v) is 8.85. The molecule has 0 aromatic heterocycles. The number of rotatable bonds is 20. The van der Waals surface area contributed by atoms with Crippen molar-refractivity contribution in [1.82, 2.24) is 10.6 Å². The highest BCUT2D eigenvalue weighted by atomic mass is 16.5. The zero-order chi connectivity index (χ0) is 24.0. The Balaban J connectivity index is 1.84. The molecule has 3 N–H and O–H groups in total. The van der Waals surface area contributed by atoms with E-state index in [0.717, 1.165) is 19.3 Å². The summed E-state index contributed by atoms with van der Waals surface area (Å²) < 4.78 is 5.44. The first kappa shape index (κ1) is 28.8. The summed E-state index contributed by atoms with van der Waals surface area (Å²) in [5.41, 5.74) is 0. The largest absolute Gasteiger partial charge is 0.508 e. The first-order valence-corrected chi connectivity index (χ1v) is 13.1. The molecule has 6 heteroatoms. The Labute approximate surface area is 200 Å². The lowest BCUT2D eigenvalue weighted by Crippen LogP contribution is -2.40. The number of unbranched alkanes of at least 4 members (excludes halogenated alkanes) is 14. The molecule has 0 spiro atoms. The molecule has 33 heavy (non-hydrogen) atoms. The van der Waals surface area contributed by atoms with Gasteiger partial charge in [0.1, 0.15) is 18.1 Å². The van der Waals surface area contributed by atoms with Crippen LogP contribution in [0.25, 0.3) is 0 Å². The summed E-state index contributed by atoms with van der Waals surface area (Å²) in [4.78, 5) is 23.6. The highest BCUT2D eigenvalue weighted by molar-refractivity contribution is 5.94. The Morgan fingerprint density at radius 2 is 1.24 bits per heavy atom. The Morgan fingerprint density at radius 3 is 1.76 bits per heavy atom. The van der Waals surface area contributed by atoms with Crippen molar-refractivity contribution in [3.63, 3.8) is 0 Å². The van der Waals surface area contributed by atoms with Crippen molar-refractivity contribution in [2.24, 2.45) is 0 Å². The van der Waals surface area contributed by atoms with Gasteiger partial charge in [-0.25, -0.2) is 4.79 Å². The zero-order valence-corrected chi connectivity index (χ0v) is 20.7. The van der Waals surface area contributed by atoms with Crippen LogP contribution in [0.5, 0.6) is 11.5 Å². The van der Waals surface area contributed by atoms with E-state index in [1.54, 1.807) is 12.1 Å². The molecule has 0 unspecified atom stereocenters. The maximum Gasteiger partial charge on any atom is 0.321 e. The van der Waals surface area contributed by atoms with Crippen LogP contribution >= 0.6 is 0 Å². The van der Waals surface area contributed by atoms with Gasteiger partial charge in [-0.2, -0.15) is 0 Å². The van der Waals surface area contributed by atoms with Crippen LogP contribution in [0.1, 0.15) is 110 Å². The van der Waals surface area contributed by atoms with Crippen LogP contribution < -0.4 is 15.4 Å². The molecule has 0 heterocycles. The van der Waals surface area contributed by atoms with Gasteiger partial charge in [0.15, 0.2) is 0 Å². The second kappa shape index (κ2) is 20.4. The van der Waals surface area contributed by atoms with Crippen LogP contribution in [0.4, 0.5) is 4.79 Å². The summed E-state index contributed by atoms with van der Waals surface area (Å²) in [6, 6.07) is 5.88. The summed E-state index contributed by atoms with van der Waals surface area (Å²) in [6.45, 7) is 2.84. The topological polar surface area (TPSA) is 87.7 Å². The van der Waals surface area contributed by atoms with Gasteiger partial charge in [-0.1, -0.05) is 96.8 Å². The van der Waals surface area contributed by atoms with Crippen molar-refractivity contribution in [2.45, 2.75) is 110 Å². The Bertz CT molecular complexity index is 619. The number of phenols is 1. The molecule has 3 amide bonds. The van der Waals surface area contributed by atoms with Gasteiger partial charge in [-0.15, -0.1) is 0 Å². The number of benzene rings is 1. The predicted octanol–water partition coefficient (Wildman–Crippen LogP) is 6.86. The average molecular weight is 463 g/mol. The number of ether oxygens (including phenoxy) is 1. The number of nitrogens with one attached hydrogen (secondary N) is 2. The number of imide groups is 1. The molecule has 6 nitrogen and oxygen atoms in total. The fraction of sp³-hybridized carbons (Fsp3) is 0.704. The molecule has 0 bridgehead atoms. The monoisotopic (exact) mass is 462 g/mol. The maximum atomic E-state index is 11.8. The molecule has 0 saturated carbocycles. The molecule has 0 atom stereocenters. The fourth-order valence-electron chi connectivity index (χ4n) is 3.77. The molecular weight excluding hydrogens is 416 g/mol. The smallest absolute Gasteiger partial charge is 0.321 e. The summed E-state index contributed by atoms with van der Waals surface area (Å²) in [6.07, 6.45) is 19.7. The average Bonchev–Trinajstić information content (AvgIpc) is 2.80. The SMILES string of the molecule is CCCCCCCCCCCCCCCCCC(=O)NC(=O)NCCOc1ccc(O)cc1. The van der Waals surface area contributed by atoms with Crippen molar-refractivity contribution in [2.75, 3.05) is 13.2 Å². The van der Waals surface area contributed by atoms with Crippen molar-refractivity contribution < 1.29 is 19.4 Å². The van der Waals surface area contributed by atoms with Crippen molar-refractivity contribution in [3.8, 4) is 11.5 Å². The Morgan fingerprint density at radius 1 is 0.758 bits per heavy atom. The van der Waals surface area contributed by atoms with E-state index in [1.165, 1.54) is 89.2 Å². The number of phenolic OH excluding ortho intramolecular Hbond substituents is 1. The van der Waals surface area contributed by atoms with E-state index in [-0.39, 0.29) is 18.3 Å². The van der Waals surface area contributed by atoms with Gasteiger partial charge in [-0.3, -0.25) is 10.1 Å². The quantitative estimate of drug-likeness (QED) is 0.185. The first-order chi connectivity index (χ1) is 16.1. The van der Waals surface area contributed by atoms with E-state index in [0.29, 0.717) is 18.7 Å². The number of amides is 3. The van der Waals surface area contributed by atoms with Crippen molar-refractivity contribution >= 4 is 11.9 Å². The number of carbonyl (C=O) groups is 2. The number of hydrogen-bond acceptors (Lipinski definition) is 4. The van der Waals surface area contributed by atoms with Gasteiger partial charge in [0.25, 0.3) is 0 Å². The minimum atomic E-state index is -0.490. The highest BCUT2D eigenvalue weighted by Gasteiger charge is 2.07. The third-order valence-corrected chi connectivity index (χ3v) is 5.75. The van der Waals surface area contributed by atoms with E-state index in [4.69, 9.17) is 4.74 Å². The van der Waals surface area contributed by atoms with E-state index in [2.05, 4.69) is 17.6 Å². The lowest BCUT2D eigenvalue weighted by Gasteiger charge is -2.08. The molecule has 0 aliphatic heterocycles. The summed E-state index contributed by atoms with van der Waals surface area (Å²) in [7, 11) is 0. The van der Waals surface area contributed by atoms with Gasteiger partial charge in [0, 0.05) is 6.42 Å². The standard InChI is InChI=1S/C27H46N2O4/c1-2-3-4-5-6-7-8-9-10-11-12-13-14-15-16-17-26(31)29-27(32)28-22-23-33-25-20-18-24(30)19-21-25/h18-21,30H,2-17,22-23H2,1H3,(H2,28,29,31,32). The maximum absolute atomic E-state index is 11.8. The molecule has 0 radical (unpaired) electrons. The van der Waals surface area contributed by atoms with Gasteiger partial charge in [0.2, 0.25) is 5.91 Å². The summed E-state index contributed by atoms with van der Waals surface area (Å²) >= 11 is 0. The van der Waals surface area contributed by atoms with Crippen LogP contribution in [0.2, 0.25) is 0 Å². The van der Waals surface area contributed by atoms with Crippen molar-refractivity contribution in [1.29, 1.82) is 0 Å². The molecule has 0 fully saturated rings. The van der Waals surface area contributed by atoms with Gasteiger partial charge in [-0.05, 0) is 30.7 Å². The lowest BCUT2D eigenvalue weighted by atomic mass is 10.0. The molecule has 1 rings (SSSR count). The number of hydrogen-bond donors (Lipinski definition) is 3. The molecular formula is C27H46N2O4. The minimum Gasteiger partial charge on any atom is -0.508 e.